The highest BCUT2D eigenvalue weighted by Crippen LogP contribution is 2.40. The average Bonchev–Trinajstić information content (AvgIpc) is 3.08. The Bertz CT molecular complexity index is 457. The standard InChI is InChI=1S/C15H22N2OS/c16-14-13(15(18)17-8-4-1-5-9-17)12(10-19-14)11-6-2-3-7-11/h10-11H,1-9,16H2. The van der Waals surface area contributed by atoms with Crippen molar-refractivity contribution in [1.29, 1.82) is 0 Å². The highest BCUT2D eigenvalue weighted by atomic mass is 32.1. The van der Waals surface area contributed by atoms with Gasteiger partial charge in [-0.2, -0.15) is 0 Å². The van der Waals surface area contributed by atoms with E-state index in [9.17, 15) is 4.79 Å². The minimum Gasteiger partial charge on any atom is -0.390 e. The van der Waals surface area contributed by atoms with Crippen molar-refractivity contribution in [3.8, 4) is 0 Å². The lowest BCUT2D eigenvalue weighted by Gasteiger charge is -2.27. The molecule has 1 aromatic rings. The number of amides is 1. The Balaban J connectivity index is 1.86. The van der Waals surface area contributed by atoms with E-state index in [-0.39, 0.29) is 5.91 Å². The molecule has 1 saturated heterocycles. The number of hydrogen-bond acceptors (Lipinski definition) is 3. The first-order valence-corrected chi connectivity index (χ1v) is 8.31. The fraction of sp³-hybridized carbons (Fsp3) is 0.667. The van der Waals surface area contributed by atoms with Crippen molar-refractivity contribution in [2.45, 2.75) is 50.9 Å². The minimum absolute atomic E-state index is 0.181. The molecule has 0 spiro atoms. The third-order valence-corrected chi connectivity index (χ3v) is 5.33. The summed E-state index contributed by atoms with van der Waals surface area (Å²) in [6.45, 7) is 1.80. The summed E-state index contributed by atoms with van der Waals surface area (Å²) in [5.41, 5.74) is 8.15. The molecule has 2 N–H and O–H groups in total. The number of anilines is 1. The van der Waals surface area contributed by atoms with Gasteiger partial charge < -0.3 is 10.6 Å². The van der Waals surface area contributed by atoms with Crippen LogP contribution in [0.2, 0.25) is 0 Å². The van der Waals surface area contributed by atoms with Gasteiger partial charge in [-0.25, -0.2) is 0 Å². The van der Waals surface area contributed by atoms with E-state index in [4.69, 9.17) is 5.73 Å². The lowest BCUT2D eigenvalue weighted by Crippen LogP contribution is -2.36. The normalized spacial score (nSPS) is 20.9. The molecule has 1 amide bonds. The maximum atomic E-state index is 12.7. The van der Waals surface area contributed by atoms with E-state index >= 15 is 0 Å². The second kappa shape index (κ2) is 5.53. The van der Waals surface area contributed by atoms with Gasteiger partial charge in [0.25, 0.3) is 5.91 Å². The van der Waals surface area contributed by atoms with Gasteiger partial charge in [-0.1, -0.05) is 12.8 Å². The molecule has 1 saturated carbocycles. The smallest absolute Gasteiger partial charge is 0.257 e. The van der Waals surface area contributed by atoms with Gasteiger partial charge in [-0.15, -0.1) is 11.3 Å². The van der Waals surface area contributed by atoms with Gasteiger partial charge in [-0.05, 0) is 49.0 Å². The Hall–Kier alpha value is -1.03. The topological polar surface area (TPSA) is 46.3 Å². The van der Waals surface area contributed by atoms with Gasteiger partial charge in [-0.3, -0.25) is 4.79 Å². The zero-order valence-electron chi connectivity index (χ0n) is 11.4. The van der Waals surface area contributed by atoms with Crippen LogP contribution in [0.1, 0.15) is 66.8 Å². The number of hydrogen-bond donors (Lipinski definition) is 1. The van der Waals surface area contributed by atoms with Crippen LogP contribution in [0.3, 0.4) is 0 Å². The summed E-state index contributed by atoms with van der Waals surface area (Å²) in [5, 5.41) is 2.85. The first-order chi connectivity index (χ1) is 9.27. The number of piperidine rings is 1. The van der Waals surface area contributed by atoms with Crippen LogP contribution >= 0.6 is 11.3 Å². The number of nitrogens with zero attached hydrogens (tertiary/aromatic N) is 1. The van der Waals surface area contributed by atoms with E-state index in [2.05, 4.69) is 5.38 Å². The summed E-state index contributed by atoms with van der Waals surface area (Å²) in [6, 6.07) is 0. The molecule has 0 unspecified atom stereocenters. The summed E-state index contributed by atoms with van der Waals surface area (Å²) in [5.74, 6) is 0.748. The fourth-order valence-electron chi connectivity index (χ4n) is 3.41. The predicted molar refractivity (Wildman–Crippen MR) is 79.7 cm³/mol. The van der Waals surface area contributed by atoms with Crippen molar-refractivity contribution in [2.24, 2.45) is 0 Å². The second-order valence-electron chi connectivity index (χ2n) is 5.76. The van der Waals surface area contributed by atoms with E-state index < -0.39 is 0 Å². The lowest BCUT2D eigenvalue weighted by molar-refractivity contribution is 0.0724. The molecule has 0 atom stereocenters. The van der Waals surface area contributed by atoms with Crippen LogP contribution in [0, 0.1) is 0 Å². The van der Waals surface area contributed by atoms with Crippen LogP contribution in [0.4, 0.5) is 5.00 Å². The molecule has 104 valence electrons. The van der Waals surface area contributed by atoms with Crippen LogP contribution in [-0.4, -0.2) is 23.9 Å². The molecule has 0 bridgehead atoms. The van der Waals surface area contributed by atoms with E-state index in [1.54, 1.807) is 11.3 Å². The summed E-state index contributed by atoms with van der Waals surface area (Å²) in [6.07, 6.45) is 8.53. The van der Waals surface area contributed by atoms with Crippen LogP contribution in [-0.2, 0) is 0 Å². The molecule has 1 aliphatic carbocycles. The second-order valence-corrected chi connectivity index (χ2v) is 6.68. The molecule has 3 nitrogen and oxygen atoms in total. The quantitative estimate of drug-likeness (QED) is 0.898. The molecular weight excluding hydrogens is 256 g/mol. The fourth-order valence-corrected chi connectivity index (χ4v) is 4.30. The molecule has 2 aliphatic rings. The van der Waals surface area contributed by atoms with Crippen molar-refractivity contribution < 1.29 is 4.79 Å². The van der Waals surface area contributed by atoms with E-state index in [1.165, 1.54) is 37.7 Å². The molecular formula is C15H22N2OS. The number of carbonyl (C=O) groups is 1. The van der Waals surface area contributed by atoms with Crippen LogP contribution in [0.15, 0.2) is 5.38 Å². The number of carbonyl (C=O) groups excluding carboxylic acids is 1. The molecule has 4 heteroatoms. The third kappa shape index (κ3) is 2.50. The van der Waals surface area contributed by atoms with Crippen molar-refractivity contribution in [1.82, 2.24) is 4.90 Å². The van der Waals surface area contributed by atoms with Crippen molar-refractivity contribution in [3.63, 3.8) is 0 Å². The Morgan fingerprint density at radius 3 is 2.53 bits per heavy atom. The number of thiophene rings is 1. The molecule has 2 heterocycles. The monoisotopic (exact) mass is 278 g/mol. The highest BCUT2D eigenvalue weighted by Gasteiger charge is 2.28. The number of nitrogens with two attached hydrogens (primary N) is 1. The Labute approximate surface area is 118 Å². The third-order valence-electron chi connectivity index (χ3n) is 4.50. The summed E-state index contributed by atoms with van der Waals surface area (Å²) >= 11 is 1.54. The zero-order chi connectivity index (χ0) is 13.2. The van der Waals surface area contributed by atoms with E-state index in [0.717, 1.165) is 36.5 Å². The molecule has 0 aromatic carbocycles. The van der Waals surface area contributed by atoms with E-state index in [0.29, 0.717) is 5.92 Å². The maximum absolute atomic E-state index is 12.7. The van der Waals surface area contributed by atoms with Gasteiger partial charge in [0.2, 0.25) is 0 Å². The average molecular weight is 278 g/mol. The van der Waals surface area contributed by atoms with Crippen molar-refractivity contribution in [2.75, 3.05) is 18.8 Å². The molecule has 19 heavy (non-hydrogen) atoms. The van der Waals surface area contributed by atoms with Gasteiger partial charge in [0.05, 0.1) is 10.6 Å². The largest absolute Gasteiger partial charge is 0.390 e. The van der Waals surface area contributed by atoms with Gasteiger partial charge in [0.1, 0.15) is 0 Å². The summed E-state index contributed by atoms with van der Waals surface area (Å²) in [4.78, 5) is 14.7. The van der Waals surface area contributed by atoms with Gasteiger partial charge in [0.15, 0.2) is 0 Å². The maximum Gasteiger partial charge on any atom is 0.257 e. The summed E-state index contributed by atoms with van der Waals surface area (Å²) in [7, 11) is 0. The van der Waals surface area contributed by atoms with Gasteiger partial charge >= 0.3 is 0 Å². The Kier molecular flexibility index (Phi) is 3.78. The molecule has 2 fully saturated rings. The van der Waals surface area contributed by atoms with Crippen molar-refractivity contribution in [3.05, 3.63) is 16.5 Å². The summed E-state index contributed by atoms with van der Waals surface area (Å²) < 4.78 is 0. The van der Waals surface area contributed by atoms with Gasteiger partial charge in [0, 0.05) is 13.1 Å². The first-order valence-electron chi connectivity index (χ1n) is 7.43. The van der Waals surface area contributed by atoms with Crippen LogP contribution in [0.5, 0.6) is 0 Å². The van der Waals surface area contributed by atoms with E-state index in [1.807, 2.05) is 4.90 Å². The Morgan fingerprint density at radius 1 is 1.16 bits per heavy atom. The van der Waals surface area contributed by atoms with Crippen LogP contribution in [0.25, 0.3) is 0 Å². The Morgan fingerprint density at radius 2 is 1.84 bits per heavy atom. The molecule has 1 aromatic heterocycles. The molecule has 3 rings (SSSR count). The number of nitrogen functional groups attached to an aromatic ring is 1. The predicted octanol–water partition coefficient (Wildman–Crippen LogP) is 3.61. The highest BCUT2D eigenvalue weighted by molar-refractivity contribution is 7.14. The lowest BCUT2D eigenvalue weighted by atomic mass is 9.95. The zero-order valence-corrected chi connectivity index (χ0v) is 12.2. The molecule has 0 radical (unpaired) electrons. The molecule has 1 aliphatic heterocycles. The number of rotatable bonds is 2. The SMILES string of the molecule is Nc1scc(C2CCCC2)c1C(=O)N1CCCCC1. The minimum atomic E-state index is 0.181. The number of likely N-dealkylation sites (tertiary alicyclic amines) is 1. The van der Waals surface area contributed by atoms with Crippen LogP contribution < -0.4 is 5.73 Å². The first kappa shape index (κ1) is 13.0. The van der Waals surface area contributed by atoms with Crippen molar-refractivity contribution >= 4 is 22.2 Å².